The van der Waals surface area contributed by atoms with Gasteiger partial charge in [0.15, 0.2) is 11.7 Å². The summed E-state index contributed by atoms with van der Waals surface area (Å²) in [6.07, 6.45) is -2.91. The lowest BCUT2D eigenvalue weighted by Crippen LogP contribution is -2.35. The van der Waals surface area contributed by atoms with Crippen molar-refractivity contribution >= 4 is 61.0 Å². The van der Waals surface area contributed by atoms with E-state index in [0.717, 1.165) is 14.1 Å². The van der Waals surface area contributed by atoms with E-state index in [1.54, 1.807) is 36.4 Å². The monoisotopic (exact) mass is 588 g/mol. The second-order valence-corrected chi connectivity index (χ2v) is 9.71. The zero-order valence-corrected chi connectivity index (χ0v) is 20.6. The fourth-order valence-corrected chi connectivity index (χ4v) is 4.95. The van der Waals surface area contributed by atoms with Gasteiger partial charge in [0.1, 0.15) is 5.82 Å². The molecular weight excluding hydrogens is 573 g/mol. The molecule has 0 saturated heterocycles. The molecule has 2 aromatic carbocycles. The number of amides is 1. The third-order valence-electron chi connectivity index (χ3n) is 5.14. The summed E-state index contributed by atoms with van der Waals surface area (Å²) < 4.78 is 43.7. The molecule has 2 heterocycles. The SMILES string of the molecule is CSc1ccccc1NC(=O)c1nn2c(c1Br)N[C@H](c1ccc(Br)cc1)C[C@H]2C(F)(F)F. The van der Waals surface area contributed by atoms with E-state index in [1.807, 2.05) is 18.4 Å². The van der Waals surface area contributed by atoms with Gasteiger partial charge in [0.05, 0.1) is 16.2 Å². The van der Waals surface area contributed by atoms with Crippen LogP contribution in [0.25, 0.3) is 0 Å². The van der Waals surface area contributed by atoms with Gasteiger partial charge in [0.2, 0.25) is 0 Å². The number of anilines is 2. The number of nitrogens with zero attached hydrogens (tertiary/aromatic N) is 2. The molecule has 2 N–H and O–H groups in total. The Hall–Kier alpha value is -1.98. The summed E-state index contributed by atoms with van der Waals surface area (Å²) in [6.45, 7) is 0. The van der Waals surface area contributed by atoms with Gasteiger partial charge in [-0.25, -0.2) is 4.68 Å². The Kier molecular flexibility index (Phi) is 6.60. The zero-order valence-electron chi connectivity index (χ0n) is 16.6. The van der Waals surface area contributed by atoms with Crippen molar-refractivity contribution in [2.24, 2.45) is 0 Å². The largest absolute Gasteiger partial charge is 0.410 e. The van der Waals surface area contributed by atoms with Gasteiger partial charge in [-0.2, -0.15) is 18.3 Å². The first-order valence-electron chi connectivity index (χ1n) is 9.50. The van der Waals surface area contributed by atoms with Gasteiger partial charge in [-0.1, -0.05) is 40.2 Å². The van der Waals surface area contributed by atoms with Gasteiger partial charge in [0.25, 0.3) is 5.91 Å². The number of carbonyl (C=O) groups excluding carboxylic acids is 1. The highest BCUT2D eigenvalue weighted by Crippen LogP contribution is 2.46. The number of para-hydroxylation sites is 1. The number of alkyl halides is 3. The second-order valence-electron chi connectivity index (χ2n) is 7.15. The molecular formula is C21H17Br2F3N4OS. The molecule has 1 aromatic heterocycles. The van der Waals surface area contributed by atoms with Gasteiger partial charge < -0.3 is 10.6 Å². The average molecular weight is 590 g/mol. The molecule has 0 aliphatic carbocycles. The summed E-state index contributed by atoms with van der Waals surface area (Å²) in [4.78, 5) is 13.8. The number of halogens is 5. The molecule has 4 rings (SSSR count). The van der Waals surface area contributed by atoms with Crippen LogP contribution in [0.2, 0.25) is 0 Å². The summed E-state index contributed by atoms with van der Waals surface area (Å²) >= 11 is 8.10. The van der Waals surface area contributed by atoms with Crippen LogP contribution in [0.4, 0.5) is 24.7 Å². The van der Waals surface area contributed by atoms with E-state index in [0.29, 0.717) is 11.3 Å². The first-order valence-corrected chi connectivity index (χ1v) is 12.3. The van der Waals surface area contributed by atoms with Crippen molar-refractivity contribution in [3.8, 4) is 0 Å². The standard InChI is InChI=1S/C21H17Br2F3N4OS/c1-32-15-5-3-2-4-13(15)28-20(31)18-17(23)19-27-14(11-6-8-12(22)9-7-11)10-16(21(24,25)26)30(19)29-18/h2-9,14,16,27H,10H2,1H3,(H,28,31)/t14-,16-/m0/s1. The molecule has 0 spiro atoms. The quantitative estimate of drug-likeness (QED) is 0.320. The van der Waals surface area contributed by atoms with Gasteiger partial charge in [-0.05, 0) is 52.0 Å². The van der Waals surface area contributed by atoms with Crippen LogP contribution >= 0.6 is 43.6 Å². The minimum Gasteiger partial charge on any atom is -0.362 e. The summed E-state index contributed by atoms with van der Waals surface area (Å²) in [5.74, 6) is -0.474. The lowest BCUT2D eigenvalue weighted by Gasteiger charge is -2.33. The van der Waals surface area contributed by atoms with Crippen LogP contribution in [0, 0.1) is 0 Å². The van der Waals surface area contributed by atoms with Crippen LogP contribution in [-0.2, 0) is 0 Å². The molecule has 1 amide bonds. The van der Waals surface area contributed by atoms with Crippen molar-refractivity contribution in [2.75, 3.05) is 16.9 Å². The highest BCUT2D eigenvalue weighted by Gasteiger charge is 2.47. The fourth-order valence-electron chi connectivity index (χ4n) is 3.58. The van der Waals surface area contributed by atoms with Crippen LogP contribution in [0.5, 0.6) is 0 Å². The molecule has 0 fully saturated rings. The van der Waals surface area contributed by atoms with E-state index in [1.165, 1.54) is 11.8 Å². The fraction of sp³-hybridized carbons (Fsp3) is 0.238. The summed E-state index contributed by atoms with van der Waals surface area (Å²) in [6, 6.07) is 11.8. The van der Waals surface area contributed by atoms with E-state index >= 15 is 0 Å². The molecule has 168 valence electrons. The van der Waals surface area contributed by atoms with Crippen LogP contribution in [-0.4, -0.2) is 28.1 Å². The van der Waals surface area contributed by atoms with Gasteiger partial charge in [-0.3, -0.25) is 4.79 Å². The first-order chi connectivity index (χ1) is 15.2. The number of nitrogens with one attached hydrogen (secondary N) is 2. The van der Waals surface area contributed by atoms with Crippen LogP contribution in [0.3, 0.4) is 0 Å². The number of thioether (sulfide) groups is 1. The van der Waals surface area contributed by atoms with Crippen molar-refractivity contribution in [2.45, 2.75) is 29.6 Å². The number of fused-ring (bicyclic) bond motifs is 1. The zero-order chi connectivity index (χ0) is 23.0. The molecule has 1 aliphatic heterocycles. The lowest BCUT2D eigenvalue weighted by atomic mass is 9.97. The second kappa shape index (κ2) is 9.11. The Bertz CT molecular complexity index is 1150. The van der Waals surface area contributed by atoms with Crippen molar-refractivity contribution in [1.29, 1.82) is 0 Å². The van der Waals surface area contributed by atoms with E-state index < -0.39 is 24.2 Å². The number of rotatable bonds is 4. The minimum absolute atomic E-state index is 0.117. The molecule has 3 aromatic rings. The molecule has 11 heteroatoms. The topological polar surface area (TPSA) is 59.0 Å². The van der Waals surface area contributed by atoms with E-state index in [9.17, 15) is 18.0 Å². The molecule has 1 aliphatic rings. The number of hydrogen-bond donors (Lipinski definition) is 2. The molecule has 0 saturated carbocycles. The van der Waals surface area contributed by atoms with Crippen molar-refractivity contribution in [3.63, 3.8) is 0 Å². The van der Waals surface area contributed by atoms with Crippen molar-refractivity contribution < 1.29 is 18.0 Å². The smallest absolute Gasteiger partial charge is 0.362 e. The predicted octanol–water partition coefficient (Wildman–Crippen LogP) is 7.04. The van der Waals surface area contributed by atoms with Crippen molar-refractivity contribution in [1.82, 2.24) is 9.78 Å². The Labute approximate surface area is 203 Å². The maximum atomic E-state index is 13.9. The number of aromatic nitrogens is 2. The minimum atomic E-state index is -4.53. The molecule has 0 unspecified atom stereocenters. The third-order valence-corrected chi connectivity index (χ3v) is 7.21. The van der Waals surface area contributed by atoms with Gasteiger partial charge >= 0.3 is 6.18 Å². The van der Waals surface area contributed by atoms with E-state index in [2.05, 4.69) is 47.6 Å². The maximum absolute atomic E-state index is 13.9. The Morgan fingerprint density at radius 2 is 1.88 bits per heavy atom. The molecule has 32 heavy (non-hydrogen) atoms. The summed E-state index contributed by atoms with van der Waals surface area (Å²) in [5.41, 5.74) is 1.16. The Morgan fingerprint density at radius 3 is 2.53 bits per heavy atom. The molecule has 0 radical (unpaired) electrons. The maximum Gasteiger partial charge on any atom is 0.410 e. The highest BCUT2D eigenvalue weighted by atomic mass is 79.9. The third kappa shape index (κ3) is 4.55. The highest BCUT2D eigenvalue weighted by molar-refractivity contribution is 9.11. The van der Waals surface area contributed by atoms with E-state index in [-0.39, 0.29) is 22.4 Å². The first kappa shape index (κ1) is 23.2. The molecule has 5 nitrogen and oxygen atoms in total. The van der Waals surface area contributed by atoms with Crippen molar-refractivity contribution in [3.05, 3.63) is 68.7 Å². The summed E-state index contributed by atoms with van der Waals surface area (Å²) in [7, 11) is 0. The van der Waals surface area contributed by atoms with Gasteiger partial charge in [-0.15, -0.1) is 11.8 Å². The number of hydrogen-bond acceptors (Lipinski definition) is 4. The Morgan fingerprint density at radius 1 is 1.19 bits per heavy atom. The van der Waals surface area contributed by atoms with Gasteiger partial charge in [0, 0.05) is 15.8 Å². The average Bonchev–Trinajstić information content (AvgIpc) is 3.10. The van der Waals surface area contributed by atoms with E-state index in [4.69, 9.17) is 0 Å². The van der Waals surface area contributed by atoms with Crippen LogP contribution in [0.15, 0.2) is 62.4 Å². The predicted molar refractivity (Wildman–Crippen MR) is 126 cm³/mol. The normalized spacial score (nSPS) is 18.1. The molecule has 0 bridgehead atoms. The number of benzene rings is 2. The Balaban J connectivity index is 1.70. The molecule has 2 atom stereocenters. The van der Waals surface area contributed by atoms with Crippen LogP contribution in [0.1, 0.15) is 34.6 Å². The number of carbonyl (C=O) groups is 1. The van der Waals surface area contributed by atoms with Crippen LogP contribution < -0.4 is 10.6 Å². The summed E-state index contributed by atoms with van der Waals surface area (Å²) in [5, 5.41) is 9.92. The lowest BCUT2D eigenvalue weighted by molar-refractivity contribution is -0.173.